The highest BCUT2D eigenvalue weighted by Gasteiger charge is 2.29. The van der Waals surface area contributed by atoms with Crippen LogP contribution in [0.15, 0.2) is 34.9 Å². The molecule has 0 spiro atoms. The maximum Gasteiger partial charge on any atom is 0.401 e. The third kappa shape index (κ3) is 3.26. The van der Waals surface area contributed by atoms with Crippen LogP contribution in [0.4, 0.5) is 13.2 Å². The molecule has 20 heavy (non-hydrogen) atoms. The van der Waals surface area contributed by atoms with Crippen molar-refractivity contribution in [2.45, 2.75) is 12.2 Å². The molecule has 0 amide bonds. The maximum absolute atomic E-state index is 12.3. The Morgan fingerprint density at radius 3 is 2.75 bits per heavy atom. The summed E-state index contributed by atoms with van der Waals surface area (Å²) >= 11 is 3.35. The molecule has 0 saturated carbocycles. The maximum atomic E-state index is 12.3. The molecule has 0 radical (unpaired) electrons. The van der Waals surface area contributed by atoms with Crippen LogP contribution in [-0.4, -0.2) is 17.7 Å². The molecular formula is C13H9BrF3N3. The largest absolute Gasteiger partial charge is 0.401 e. The number of nitrogens with zero attached hydrogens (tertiary/aromatic N) is 2. The van der Waals surface area contributed by atoms with E-state index in [0.29, 0.717) is 11.1 Å². The van der Waals surface area contributed by atoms with E-state index in [4.69, 9.17) is 5.26 Å². The minimum absolute atomic E-state index is 0.426. The minimum atomic E-state index is -4.37. The summed E-state index contributed by atoms with van der Waals surface area (Å²) in [6.07, 6.45) is -2.83. The van der Waals surface area contributed by atoms with E-state index in [1.165, 1.54) is 6.20 Å². The van der Waals surface area contributed by atoms with Crippen LogP contribution >= 0.6 is 15.9 Å². The van der Waals surface area contributed by atoms with Gasteiger partial charge in [0.1, 0.15) is 6.04 Å². The van der Waals surface area contributed by atoms with Crippen LogP contribution in [-0.2, 0) is 0 Å². The molecule has 2 aromatic rings. The summed E-state index contributed by atoms with van der Waals surface area (Å²) in [7, 11) is 0. The fourth-order valence-corrected chi connectivity index (χ4v) is 2.29. The van der Waals surface area contributed by atoms with E-state index in [1.54, 1.807) is 24.3 Å². The lowest BCUT2D eigenvalue weighted by molar-refractivity contribution is -0.125. The van der Waals surface area contributed by atoms with Crippen molar-refractivity contribution in [1.29, 1.82) is 5.26 Å². The number of rotatable bonds is 3. The highest BCUT2D eigenvalue weighted by molar-refractivity contribution is 9.10. The SMILES string of the molecule is N#CC(NCC(F)(F)F)c1ccc(Br)c2cccnc12. The molecule has 0 aliphatic rings. The van der Waals surface area contributed by atoms with Crippen molar-refractivity contribution in [3.05, 3.63) is 40.5 Å². The second-order valence-corrected chi connectivity index (χ2v) is 4.95. The van der Waals surface area contributed by atoms with Crippen molar-refractivity contribution in [2.24, 2.45) is 0 Å². The van der Waals surface area contributed by atoms with Crippen molar-refractivity contribution in [1.82, 2.24) is 10.3 Å². The van der Waals surface area contributed by atoms with Gasteiger partial charge in [-0.2, -0.15) is 18.4 Å². The number of hydrogen-bond donors (Lipinski definition) is 1. The van der Waals surface area contributed by atoms with E-state index in [2.05, 4.69) is 26.2 Å². The van der Waals surface area contributed by atoms with Gasteiger partial charge in [0.25, 0.3) is 0 Å². The molecule has 1 aromatic heterocycles. The number of pyridine rings is 1. The highest BCUT2D eigenvalue weighted by atomic mass is 79.9. The van der Waals surface area contributed by atoms with Gasteiger partial charge in [0.2, 0.25) is 0 Å². The molecule has 1 atom stereocenters. The second kappa shape index (κ2) is 5.77. The van der Waals surface area contributed by atoms with Gasteiger partial charge in [-0.05, 0) is 12.1 Å². The predicted octanol–water partition coefficient (Wildman–Crippen LogP) is 3.71. The average Bonchev–Trinajstić information content (AvgIpc) is 2.41. The van der Waals surface area contributed by atoms with Gasteiger partial charge in [0.05, 0.1) is 18.1 Å². The van der Waals surface area contributed by atoms with Gasteiger partial charge < -0.3 is 0 Å². The molecular weight excluding hydrogens is 335 g/mol. The van der Waals surface area contributed by atoms with Crippen LogP contribution < -0.4 is 5.32 Å². The minimum Gasteiger partial charge on any atom is -0.290 e. The first kappa shape index (κ1) is 14.8. The fourth-order valence-electron chi connectivity index (χ4n) is 1.84. The molecule has 0 fully saturated rings. The van der Waals surface area contributed by atoms with Crippen molar-refractivity contribution in [2.75, 3.05) is 6.54 Å². The lowest BCUT2D eigenvalue weighted by Gasteiger charge is -2.15. The molecule has 1 unspecified atom stereocenters. The quantitative estimate of drug-likeness (QED) is 0.923. The van der Waals surface area contributed by atoms with Crippen LogP contribution in [0.2, 0.25) is 0 Å². The first-order chi connectivity index (χ1) is 9.42. The highest BCUT2D eigenvalue weighted by Crippen LogP contribution is 2.29. The monoisotopic (exact) mass is 343 g/mol. The summed E-state index contributed by atoms with van der Waals surface area (Å²) < 4.78 is 37.5. The molecule has 0 aliphatic heterocycles. The smallest absolute Gasteiger partial charge is 0.290 e. The molecule has 1 N–H and O–H groups in total. The molecule has 3 nitrogen and oxygen atoms in total. The Kier molecular flexibility index (Phi) is 4.26. The fraction of sp³-hybridized carbons (Fsp3) is 0.231. The normalized spacial score (nSPS) is 13.2. The van der Waals surface area contributed by atoms with E-state index in [0.717, 1.165) is 9.86 Å². The molecule has 1 heterocycles. The zero-order valence-electron chi connectivity index (χ0n) is 10.1. The Morgan fingerprint density at radius 2 is 2.10 bits per heavy atom. The Balaban J connectivity index is 2.41. The third-order valence-corrected chi connectivity index (χ3v) is 3.39. The van der Waals surface area contributed by atoms with Crippen molar-refractivity contribution < 1.29 is 13.2 Å². The van der Waals surface area contributed by atoms with Crippen LogP contribution in [0.5, 0.6) is 0 Å². The summed E-state index contributed by atoms with van der Waals surface area (Å²) in [6.45, 7) is -1.23. The molecule has 0 saturated heterocycles. The number of fused-ring (bicyclic) bond motifs is 1. The van der Waals surface area contributed by atoms with Gasteiger partial charge in [-0.3, -0.25) is 10.3 Å². The van der Waals surface area contributed by atoms with E-state index >= 15 is 0 Å². The van der Waals surface area contributed by atoms with Crippen LogP contribution in [0.25, 0.3) is 10.9 Å². The van der Waals surface area contributed by atoms with Crippen LogP contribution in [0, 0.1) is 11.3 Å². The molecule has 2 rings (SSSR count). The zero-order chi connectivity index (χ0) is 14.8. The van der Waals surface area contributed by atoms with Gasteiger partial charge in [-0.1, -0.05) is 28.1 Å². The standard InChI is InChI=1S/C13H9BrF3N3/c14-10-4-3-9(12-8(10)2-1-5-19-12)11(6-18)20-7-13(15,16)17/h1-5,11,20H,7H2. The Labute approximate surface area is 121 Å². The van der Waals surface area contributed by atoms with Gasteiger partial charge >= 0.3 is 6.18 Å². The average molecular weight is 344 g/mol. The number of nitriles is 1. The summed E-state index contributed by atoms with van der Waals surface area (Å²) in [5.41, 5.74) is 0.929. The van der Waals surface area contributed by atoms with Crippen molar-refractivity contribution in [3.63, 3.8) is 0 Å². The summed E-state index contributed by atoms with van der Waals surface area (Å²) in [6, 6.07) is 7.57. The lowest BCUT2D eigenvalue weighted by atomic mass is 10.0. The van der Waals surface area contributed by atoms with Gasteiger partial charge in [-0.25, -0.2) is 0 Å². The van der Waals surface area contributed by atoms with Crippen LogP contribution in [0.1, 0.15) is 11.6 Å². The van der Waals surface area contributed by atoms with Gasteiger partial charge in [-0.15, -0.1) is 0 Å². The van der Waals surface area contributed by atoms with E-state index in [-0.39, 0.29) is 0 Å². The second-order valence-electron chi connectivity index (χ2n) is 4.09. The van der Waals surface area contributed by atoms with Crippen LogP contribution in [0.3, 0.4) is 0 Å². The van der Waals surface area contributed by atoms with E-state index in [9.17, 15) is 13.2 Å². The zero-order valence-corrected chi connectivity index (χ0v) is 11.7. The predicted molar refractivity (Wildman–Crippen MR) is 71.9 cm³/mol. The summed E-state index contributed by atoms with van der Waals surface area (Å²) in [5, 5.41) is 12.0. The number of benzene rings is 1. The van der Waals surface area contributed by atoms with Crippen molar-refractivity contribution >= 4 is 26.8 Å². The summed E-state index contributed by atoms with van der Waals surface area (Å²) in [4.78, 5) is 4.15. The number of halogens is 4. The van der Waals surface area contributed by atoms with E-state index in [1.807, 2.05) is 6.07 Å². The van der Waals surface area contributed by atoms with Gasteiger partial charge in [0.15, 0.2) is 0 Å². The van der Waals surface area contributed by atoms with E-state index < -0.39 is 18.8 Å². The Morgan fingerprint density at radius 1 is 1.35 bits per heavy atom. The molecule has 104 valence electrons. The lowest BCUT2D eigenvalue weighted by Crippen LogP contribution is -2.31. The Hall–Kier alpha value is -1.65. The molecule has 0 aliphatic carbocycles. The topological polar surface area (TPSA) is 48.7 Å². The number of aromatic nitrogens is 1. The molecule has 1 aromatic carbocycles. The Bertz CT molecular complexity index is 664. The molecule has 0 bridgehead atoms. The number of nitrogens with one attached hydrogen (secondary N) is 1. The number of hydrogen-bond acceptors (Lipinski definition) is 3. The molecule has 7 heteroatoms. The van der Waals surface area contributed by atoms with Gasteiger partial charge in [0, 0.05) is 21.6 Å². The number of alkyl halides is 3. The summed E-state index contributed by atoms with van der Waals surface area (Å²) in [5.74, 6) is 0. The van der Waals surface area contributed by atoms with Crippen molar-refractivity contribution in [3.8, 4) is 6.07 Å². The third-order valence-electron chi connectivity index (χ3n) is 2.69. The first-order valence-corrected chi connectivity index (χ1v) is 6.44. The first-order valence-electron chi connectivity index (χ1n) is 5.65.